The summed E-state index contributed by atoms with van der Waals surface area (Å²) in [5, 5.41) is 9.47. The molecule has 0 fully saturated rings. The van der Waals surface area contributed by atoms with Gasteiger partial charge in [0, 0.05) is 24.7 Å². The van der Waals surface area contributed by atoms with Crippen LogP contribution in [0.25, 0.3) is 11.4 Å². The first-order chi connectivity index (χ1) is 14.5. The number of nitrogens with zero attached hydrogens (tertiary/aromatic N) is 4. The third-order valence-electron chi connectivity index (χ3n) is 4.77. The molecule has 0 unspecified atom stereocenters. The van der Waals surface area contributed by atoms with Gasteiger partial charge in [-0.15, -0.1) is 16.8 Å². The number of benzene rings is 2. The lowest BCUT2D eigenvalue weighted by atomic mass is 10.1. The van der Waals surface area contributed by atoms with Gasteiger partial charge >= 0.3 is 0 Å². The Labute approximate surface area is 182 Å². The Hall–Kier alpha value is -2.86. The quantitative estimate of drug-likeness (QED) is 0.362. The number of aromatic nitrogens is 3. The second kappa shape index (κ2) is 10.3. The van der Waals surface area contributed by atoms with E-state index in [9.17, 15) is 4.79 Å². The fourth-order valence-corrected chi connectivity index (χ4v) is 4.07. The van der Waals surface area contributed by atoms with Crippen molar-refractivity contribution in [3.05, 3.63) is 78.4 Å². The monoisotopic (exact) mass is 420 g/mol. The van der Waals surface area contributed by atoms with Crippen molar-refractivity contribution >= 4 is 17.7 Å². The van der Waals surface area contributed by atoms with Gasteiger partial charge in [-0.25, -0.2) is 0 Å². The first-order valence-corrected chi connectivity index (χ1v) is 11.1. The van der Waals surface area contributed by atoms with Gasteiger partial charge in [0.15, 0.2) is 11.0 Å². The molecule has 0 saturated carbocycles. The molecule has 3 aromatic rings. The predicted octanol–water partition coefficient (Wildman–Crippen LogP) is 4.97. The van der Waals surface area contributed by atoms with E-state index in [2.05, 4.69) is 35.8 Å². The summed E-state index contributed by atoms with van der Waals surface area (Å²) < 4.78 is 2.01. The zero-order valence-corrected chi connectivity index (χ0v) is 18.6. The first-order valence-electron chi connectivity index (χ1n) is 10.1. The molecule has 6 heteroatoms. The highest BCUT2D eigenvalue weighted by Crippen LogP contribution is 2.25. The van der Waals surface area contributed by atoms with Gasteiger partial charge in [-0.2, -0.15) is 0 Å². The van der Waals surface area contributed by atoms with Crippen LogP contribution < -0.4 is 0 Å². The van der Waals surface area contributed by atoms with E-state index in [1.165, 1.54) is 17.3 Å². The van der Waals surface area contributed by atoms with Crippen molar-refractivity contribution in [3.8, 4) is 11.4 Å². The average Bonchev–Trinajstić information content (AvgIpc) is 3.13. The first kappa shape index (κ1) is 21.8. The van der Waals surface area contributed by atoms with Crippen LogP contribution in [0.3, 0.4) is 0 Å². The number of hydrogen-bond donors (Lipinski definition) is 0. The number of rotatable bonds is 9. The van der Waals surface area contributed by atoms with E-state index in [1.807, 2.05) is 71.9 Å². The van der Waals surface area contributed by atoms with Crippen LogP contribution in [0, 0.1) is 6.92 Å². The van der Waals surface area contributed by atoms with Crippen LogP contribution in [-0.4, -0.2) is 37.4 Å². The number of carbonyl (C=O) groups excluding carboxylic acids is 1. The van der Waals surface area contributed by atoms with Crippen LogP contribution >= 0.6 is 11.8 Å². The van der Waals surface area contributed by atoms with E-state index >= 15 is 0 Å². The zero-order valence-electron chi connectivity index (χ0n) is 17.8. The Balaban J connectivity index is 1.75. The van der Waals surface area contributed by atoms with Gasteiger partial charge in [0.2, 0.25) is 5.91 Å². The van der Waals surface area contributed by atoms with Crippen LogP contribution in [0.1, 0.15) is 25.0 Å². The van der Waals surface area contributed by atoms with E-state index in [4.69, 9.17) is 0 Å². The molecule has 0 bridgehead atoms. The molecule has 5 nitrogen and oxygen atoms in total. The second-order valence-electron chi connectivity index (χ2n) is 7.46. The van der Waals surface area contributed by atoms with Crippen molar-refractivity contribution in [2.75, 3.05) is 5.75 Å². The van der Waals surface area contributed by atoms with Crippen LogP contribution in [0.4, 0.5) is 0 Å². The minimum absolute atomic E-state index is 0.0871. The van der Waals surface area contributed by atoms with E-state index in [0.29, 0.717) is 18.8 Å². The summed E-state index contributed by atoms with van der Waals surface area (Å²) in [4.78, 5) is 14.9. The zero-order chi connectivity index (χ0) is 21.5. The number of aryl methyl sites for hydroxylation is 1. The molecule has 0 atom stereocenters. The highest BCUT2D eigenvalue weighted by atomic mass is 32.2. The smallest absolute Gasteiger partial charge is 0.233 e. The van der Waals surface area contributed by atoms with Crippen LogP contribution in [-0.2, 0) is 17.9 Å². The Morgan fingerprint density at radius 2 is 1.93 bits per heavy atom. The van der Waals surface area contributed by atoms with E-state index in [-0.39, 0.29) is 11.9 Å². The van der Waals surface area contributed by atoms with Crippen LogP contribution in [0.2, 0.25) is 0 Å². The number of hydrogen-bond acceptors (Lipinski definition) is 4. The lowest BCUT2D eigenvalue weighted by molar-refractivity contribution is -0.130. The third kappa shape index (κ3) is 5.39. The van der Waals surface area contributed by atoms with E-state index in [0.717, 1.165) is 22.1 Å². The maximum absolute atomic E-state index is 13.0. The molecule has 0 spiro atoms. The molecule has 0 radical (unpaired) electrons. The fourth-order valence-electron chi connectivity index (χ4n) is 3.23. The molecule has 0 aliphatic heterocycles. The van der Waals surface area contributed by atoms with Gasteiger partial charge in [-0.1, -0.05) is 71.9 Å². The number of thioether (sulfide) groups is 1. The Morgan fingerprint density at radius 3 is 2.60 bits per heavy atom. The van der Waals surface area contributed by atoms with Gasteiger partial charge in [-0.05, 0) is 32.4 Å². The summed E-state index contributed by atoms with van der Waals surface area (Å²) in [6.07, 6.45) is 1.82. The van der Waals surface area contributed by atoms with E-state index in [1.54, 1.807) is 0 Å². The average molecular weight is 421 g/mol. The molecule has 1 amide bonds. The maximum atomic E-state index is 13.0. The summed E-state index contributed by atoms with van der Waals surface area (Å²) in [6.45, 7) is 11.2. The predicted molar refractivity (Wildman–Crippen MR) is 123 cm³/mol. The Kier molecular flexibility index (Phi) is 7.46. The summed E-state index contributed by atoms with van der Waals surface area (Å²) in [5.74, 6) is 1.19. The molecular formula is C24H28N4OS. The van der Waals surface area contributed by atoms with Crippen LogP contribution in [0.15, 0.2) is 72.4 Å². The molecule has 0 aliphatic carbocycles. The van der Waals surface area contributed by atoms with Gasteiger partial charge in [0.1, 0.15) is 0 Å². The highest BCUT2D eigenvalue weighted by Gasteiger charge is 2.20. The molecule has 0 N–H and O–H groups in total. The minimum atomic E-state index is 0.0871. The molecule has 156 valence electrons. The third-order valence-corrected chi connectivity index (χ3v) is 5.72. The number of allylic oxidation sites excluding steroid dienone is 1. The van der Waals surface area contributed by atoms with Gasteiger partial charge in [-0.3, -0.25) is 9.36 Å². The lowest BCUT2D eigenvalue weighted by Gasteiger charge is -2.26. The molecule has 1 heterocycles. The molecule has 0 aliphatic rings. The van der Waals surface area contributed by atoms with Crippen molar-refractivity contribution in [1.82, 2.24) is 19.7 Å². The molecule has 3 rings (SSSR count). The summed E-state index contributed by atoms with van der Waals surface area (Å²) in [6, 6.07) is 18.4. The summed E-state index contributed by atoms with van der Waals surface area (Å²) in [5.41, 5.74) is 3.30. The molecule has 30 heavy (non-hydrogen) atoms. The summed E-state index contributed by atoms with van der Waals surface area (Å²) in [7, 11) is 0. The van der Waals surface area contributed by atoms with Gasteiger partial charge in [0.25, 0.3) is 0 Å². The molecular weight excluding hydrogens is 392 g/mol. The normalized spacial score (nSPS) is 10.9. The van der Waals surface area contributed by atoms with Gasteiger partial charge < -0.3 is 4.90 Å². The lowest BCUT2D eigenvalue weighted by Crippen LogP contribution is -2.37. The highest BCUT2D eigenvalue weighted by molar-refractivity contribution is 7.99. The van der Waals surface area contributed by atoms with Crippen molar-refractivity contribution in [2.24, 2.45) is 0 Å². The molecule has 2 aromatic carbocycles. The minimum Gasteiger partial charge on any atom is -0.335 e. The Bertz CT molecular complexity index is 997. The van der Waals surface area contributed by atoms with Crippen molar-refractivity contribution < 1.29 is 4.79 Å². The number of amides is 1. The Morgan fingerprint density at radius 1 is 1.17 bits per heavy atom. The van der Waals surface area contributed by atoms with E-state index < -0.39 is 0 Å². The molecule has 1 aromatic heterocycles. The second-order valence-corrected chi connectivity index (χ2v) is 8.41. The molecule has 0 saturated heterocycles. The standard InChI is InChI=1S/C24H28N4OS/c1-5-14-27-23(21-13-9-10-19(4)15-21)25-26-24(27)30-17-22(29)28(18(2)3)16-20-11-7-6-8-12-20/h5-13,15,18H,1,14,16-17H2,2-4H3. The topological polar surface area (TPSA) is 51.0 Å². The largest absolute Gasteiger partial charge is 0.335 e. The maximum Gasteiger partial charge on any atom is 0.233 e. The van der Waals surface area contributed by atoms with Crippen molar-refractivity contribution in [2.45, 2.75) is 45.1 Å². The van der Waals surface area contributed by atoms with Crippen LogP contribution in [0.5, 0.6) is 0 Å². The summed E-state index contributed by atoms with van der Waals surface area (Å²) >= 11 is 1.42. The van der Waals surface area contributed by atoms with Crippen molar-refractivity contribution in [3.63, 3.8) is 0 Å². The van der Waals surface area contributed by atoms with Crippen molar-refractivity contribution in [1.29, 1.82) is 0 Å². The van der Waals surface area contributed by atoms with Gasteiger partial charge in [0.05, 0.1) is 5.75 Å². The SMILES string of the molecule is C=CCn1c(SCC(=O)N(Cc2ccccc2)C(C)C)nnc1-c1cccc(C)c1. The fraction of sp³-hybridized carbons (Fsp3) is 0.292. The number of carbonyl (C=O) groups is 1.